The second kappa shape index (κ2) is 5.88. The molecule has 0 spiro atoms. The number of hydrogen-bond acceptors (Lipinski definition) is 0. The van der Waals surface area contributed by atoms with Crippen LogP contribution in [0.2, 0.25) is 0 Å². The molecule has 0 aromatic heterocycles. The minimum atomic E-state index is 0.391. The van der Waals surface area contributed by atoms with E-state index in [4.69, 9.17) is 11.6 Å². The van der Waals surface area contributed by atoms with Crippen molar-refractivity contribution in [2.75, 3.05) is 0 Å². The minimum Gasteiger partial charge on any atom is -0.123 e. The first-order valence-corrected chi connectivity index (χ1v) is 5.15. The van der Waals surface area contributed by atoms with Gasteiger partial charge in [0, 0.05) is 5.38 Å². The molecule has 0 heterocycles. The smallest absolute Gasteiger partial charge is 0.0361 e. The van der Waals surface area contributed by atoms with E-state index >= 15 is 0 Å². The summed E-state index contributed by atoms with van der Waals surface area (Å²) in [5, 5.41) is 0.391. The van der Waals surface area contributed by atoms with Crippen LogP contribution < -0.4 is 0 Å². The van der Waals surface area contributed by atoms with Gasteiger partial charge in [0.25, 0.3) is 0 Å². The summed E-state index contributed by atoms with van der Waals surface area (Å²) in [6.07, 6.45) is 3.64. The molecule has 68 valence electrons. The summed E-state index contributed by atoms with van der Waals surface area (Å²) in [5.74, 6) is 1.47. The lowest BCUT2D eigenvalue weighted by atomic mass is 9.97. The van der Waals surface area contributed by atoms with E-state index in [1.165, 1.54) is 19.3 Å². The van der Waals surface area contributed by atoms with Gasteiger partial charge in [-0.25, -0.2) is 0 Å². The molecule has 0 fully saturated rings. The Morgan fingerprint density at radius 2 is 1.64 bits per heavy atom. The van der Waals surface area contributed by atoms with Crippen LogP contribution in [0.4, 0.5) is 0 Å². The molecular formula is C10H21Cl. The van der Waals surface area contributed by atoms with Crippen LogP contribution in [0.3, 0.4) is 0 Å². The molecule has 0 amide bonds. The summed E-state index contributed by atoms with van der Waals surface area (Å²) in [4.78, 5) is 0. The standard InChI is InChI=1S/C10H21Cl/c1-5-9(4)10(11)7-6-8(2)3/h8-10H,5-7H2,1-4H3. The molecule has 0 radical (unpaired) electrons. The maximum absolute atomic E-state index is 6.18. The molecule has 0 saturated heterocycles. The third-order valence-electron chi connectivity index (χ3n) is 2.28. The van der Waals surface area contributed by atoms with Crippen molar-refractivity contribution >= 4 is 11.6 Å². The van der Waals surface area contributed by atoms with Crippen molar-refractivity contribution in [2.45, 2.75) is 52.3 Å². The van der Waals surface area contributed by atoms with Crippen LogP contribution in [0, 0.1) is 11.8 Å². The quantitative estimate of drug-likeness (QED) is 0.554. The van der Waals surface area contributed by atoms with E-state index in [-0.39, 0.29) is 0 Å². The first-order valence-electron chi connectivity index (χ1n) is 4.72. The topological polar surface area (TPSA) is 0 Å². The lowest BCUT2D eigenvalue weighted by Gasteiger charge is -2.16. The Hall–Kier alpha value is 0.290. The van der Waals surface area contributed by atoms with E-state index in [1.807, 2.05) is 0 Å². The largest absolute Gasteiger partial charge is 0.123 e. The zero-order valence-corrected chi connectivity index (χ0v) is 8.99. The predicted molar refractivity (Wildman–Crippen MR) is 53.2 cm³/mol. The zero-order chi connectivity index (χ0) is 8.85. The highest BCUT2D eigenvalue weighted by Gasteiger charge is 2.12. The molecule has 0 aliphatic carbocycles. The second-order valence-electron chi connectivity index (χ2n) is 3.87. The van der Waals surface area contributed by atoms with Gasteiger partial charge in [0.1, 0.15) is 0 Å². The SMILES string of the molecule is CCC(C)C(Cl)CCC(C)C. The second-order valence-corrected chi connectivity index (χ2v) is 4.43. The van der Waals surface area contributed by atoms with Gasteiger partial charge in [-0.3, -0.25) is 0 Å². The number of alkyl halides is 1. The Morgan fingerprint density at radius 3 is 2.00 bits per heavy atom. The fraction of sp³-hybridized carbons (Fsp3) is 1.00. The van der Waals surface area contributed by atoms with E-state index < -0.39 is 0 Å². The molecule has 0 N–H and O–H groups in total. The van der Waals surface area contributed by atoms with Crippen LogP contribution >= 0.6 is 11.6 Å². The van der Waals surface area contributed by atoms with Gasteiger partial charge in [-0.05, 0) is 24.7 Å². The first kappa shape index (κ1) is 11.3. The van der Waals surface area contributed by atoms with Crippen molar-refractivity contribution < 1.29 is 0 Å². The maximum atomic E-state index is 6.18. The van der Waals surface area contributed by atoms with E-state index in [2.05, 4.69) is 27.7 Å². The molecule has 0 bridgehead atoms. The van der Waals surface area contributed by atoms with Crippen molar-refractivity contribution in [2.24, 2.45) is 11.8 Å². The summed E-state index contributed by atoms with van der Waals surface area (Å²) in [6.45, 7) is 8.94. The third kappa shape index (κ3) is 5.55. The van der Waals surface area contributed by atoms with Gasteiger partial charge in [0.2, 0.25) is 0 Å². The summed E-state index contributed by atoms with van der Waals surface area (Å²) >= 11 is 6.18. The van der Waals surface area contributed by atoms with Crippen LogP contribution in [-0.2, 0) is 0 Å². The van der Waals surface area contributed by atoms with Crippen molar-refractivity contribution in [3.63, 3.8) is 0 Å². The Morgan fingerprint density at radius 1 is 1.09 bits per heavy atom. The average Bonchev–Trinajstić information content (AvgIpc) is 1.98. The molecule has 0 aliphatic rings. The molecule has 11 heavy (non-hydrogen) atoms. The zero-order valence-electron chi connectivity index (χ0n) is 8.23. The average molecular weight is 177 g/mol. The van der Waals surface area contributed by atoms with Gasteiger partial charge < -0.3 is 0 Å². The van der Waals surface area contributed by atoms with Crippen LogP contribution in [0.1, 0.15) is 47.0 Å². The monoisotopic (exact) mass is 176 g/mol. The summed E-state index contributed by atoms with van der Waals surface area (Å²) < 4.78 is 0. The third-order valence-corrected chi connectivity index (χ3v) is 2.93. The van der Waals surface area contributed by atoms with Gasteiger partial charge in [0.15, 0.2) is 0 Å². The number of rotatable bonds is 5. The van der Waals surface area contributed by atoms with Crippen LogP contribution in [0.15, 0.2) is 0 Å². The Labute approximate surface area is 76.3 Å². The highest BCUT2D eigenvalue weighted by Crippen LogP contribution is 2.20. The maximum Gasteiger partial charge on any atom is 0.0361 e. The molecule has 1 heteroatoms. The molecular weight excluding hydrogens is 156 g/mol. The molecule has 0 aliphatic heterocycles. The predicted octanol–water partition coefficient (Wildman–Crippen LogP) is 4.08. The van der Waals surface area contributed by atoms with Crippen molar-refractivity contribution in [1.29, 1.82) is 0 Å². The fourth-order valence-corrected chi connectivity index (χ4v) is 1.34. The molecule has 0 aromatic rings. The summed E-state index contributed by atoms with van der Waals surface area (Å²) in [6, 6.07) is 0. The van der Waals surface area contributed by atoms with Crippen LogP contribution in [0.25, 0.3) is 0 Å². The van der Waals surface area contributed by atoms with Gasteiger partial charge >= 0.3 is 0 Å². The Balaban J connectivity index is 3.43. The molecule has 0 nitrogen and oxygen atoms in total. The molecule has 2 atom stereocenters. The van der Waals surface area contributed by atoms with Gasteiger partial charge in [-0.2, -0.15) is 0 Å². The highest BCUT2D eigenvalue weighted by atomic mass is 35.5. The summed E-state index contributed by atoms with van der Waals surface area (Å²) in [5.41, 5.74) is 0. The minimum absolute atomic E-state index is 0.391. The Kier molecular flexibility index (Phi) is 6.03. The van der Waals surface area contributed by atoms with Crippen molar-refractivity contribution in [3.05, 3.63) is 0 Å². The number of halogens is 1. The van der Waals surface area contributed by atoms with Crippen molar-refractivity contribution in [3.8, 4) is 0 Å². The molecule has 2 unspecified atom stereocenters. The van der Waals surface area contributed by atoms with E-state index in [0.717, 1.165) is 5.92 Å². The summed E-state index contributed by atoms with van der Waals surface area (Å²) in [7, 11) is 0. The molecule has 0 aromatic carbocycles. The number of hydrogen-bond donors (Lipinski definition) is 0. The van der Waals surface area contributed by atoms with Crippen LogP contribution in [-0.4, -0.2) is 5.38 Å². The van der Waals surface area contributed by atoms with E-state index in [0.29, 0.717) is 11.3 Å². The van der Waals surface area contributed by atoms with Gasteiger partial charge in [-0.15, -0.1) is 11.6 Å². The lowest BCUT2D eigenvalue weighted by Crippen LogP contribution is -2.11. The normalized spacial score (nSPS) is 16.9. The first-order chi connectivity index (χ1) is 5.07. The molecule has 0 rings (SSSR count). The van der Waals surface area contributed by atoms with Gasteiger partial charge in [-0.1, -0.05) is 34.1 Å². The van der Waals surface area contributed by atoms with Crippen LogP contribution in [0.5, 0.6) is 0 Å². The highest BCUT2D eigenvalue weighted by molar-refractivity contribution is 6.20. The fourth-order valence-electron chi connectivity index (χ4n) is 1.03. The van der Waals surface area contributed by atoms with Gasteiger partial charge in [0.05, 0.1) is 0 Å². The van der Waals surface area contributed by atoms with E-state index in [9.17, 15) is 0 Å². The lowest BCUT2D eigenvalue weighted by molar-refractivity contribution is 0.456. The van der Waals surface area contributed by atoms with E-state index in [1.54, 1.807) is 0 Å². The Bertz CT molecular complexity index is 88.9. The molecule has 0 saturated carbocycles. The van der Waals surface area contributed by atoms with Crippen molar-refractivity contribution in [1.82, 2.24) is 0 Å².